The van der Waals surface area contributed by atoms with Crippen LogP contribution in [0.1, 0.15) is 11.1 Å². The molecule has 0 radical (unpaired) electrons. The lowest BCUT2D eigenvalue weighted by Crippen LogP contribution is -2.29. The van der Waals surface area contributed by atoms with E-state index in [0.717, 1.165) is 21.6 Å². The number of hydrogen-bond acceptors (Lipinski definition) is 5. The minimum atomic E-state index is -3.94. The second-order valence-electron chi connectivity index (χ2n) is 5.09. The molecule has 120 valence electrons. The summed E-state index contributed by atoms with van der Waals surface area (Å²) in [5.41, 5.74) is 1.63. The zero-order valence-corrected chi connectivity index (χ0v) is 12.7. The van der Waals surface area contributed by atoms with Gasteiger partial charge in [-0.25, -0.2) is 9.03 Å². The molecule has 0 aliphatic carbocycles. The highest BCUT2D eigenvalue weighted by Crippen LogP contribution is 2.33. The topological polar surface area (TPSA) is 110 Å². The number of benzene rings is 2. The molecule has 2 aromatic rings. The van der Waals surface area contributed by atoms with E-state index in [2.05, 4.69) is 0 Å². The molecule has 4 N–H and O–H groups in total. The number of aliphatic hydroxyl groups is 1. The Morgan fingerprint density at radius 3 is 2.35 bits per heavy atom. The lowest BCUT2D eigenvalue weighted by atomic mass is 10.0. The fraction of sp³-hybridized carbons (Fsp3) is 0.0667. The zero-order valence-electron chi connectivity index (χ0n) is 11.8. The normalized spacial score (nSPS) is 16.0. The Labute approximate surface area is 132 Å². The first kappa shape index (κ1) is 15.0. The third-order valence-electron chi connectivity index (χ3n) is 3.33. The Morgan fingerprint density at radius 2 is 1.74 bits per heavy atom. The van der Waals surface area contributed by atoms with Gasteiger partial charge in [-0.15, -0.1) is 0 Å². The first-order chi connectivity index (χ1) is 10.8. The minimum Gasteiger partial charge on any atom is -0.508 e. The molecule has 3 rings (SSSR count). The van der Waals surface area contributed by atoms with Crippen LogP contribution in [0.5, 0.6) is 11.5 Å². The Bertz CT molecular complexity index is 892. The van der Waals surface area contributed by atoms with Crippen LogP contribution in [0.25, 0.3) is 0 Å². The SMILES string of the molecule is O=S1(=O)NC(O)=CN1c1ccc(Cc2cccc(O)c2)cc1O. The maximum absolute atomic E-state index is 11.8. The van der Waals surface area contributed by atoms with E-state index in [1.54, 1.807) is 24.3 Å². The van der Waals surface area contributed by atoms with Gasteiger partial charge >= 0.3 is 10.2 Å². The summed E-state index contributed by atoms with van der Waals surface area (Å²) >= 11 is 0. The molecule has 0 atom stereocenters. The average molecular weight is 334 g/mol. The van der Waals surface area contributed by atoms with Crippen LogP contribution < -0.4 is 9.03 Å². The van der Waals surface area contributed by atoms with Crippen LogP contribution in [-0.2, 0) is 16.6 Å². The van der Waals surface area contributed by atoms with Crippen molar-refractivity contribution in [1.82, 2.24) is 4.72 Å². The molecule has 23 heavy (non-hydrogen) atoms. The highest BCUT2D eigenvalue weighted by atomic mass is 32.2. The van der Waals surface area contributed by atoms with Crippen LogP contribution in [0.4, 0.5) is 5.69 Å². The quantitative estimate of drug-likeness (QED) is 0.683. The van der Waals surface area contributed by atoms with Crippen LogP contribution in [0.15, 0.2) is 54.5 Å². The summed E-state index contributed by atoms with van der Waals surface area (Å²) in [6.45, 7) is 0. The lowest BCUT2D eigenvalue weighted by molar-refractivity contribution is 0.392. The number of nitrogens with zero attached hydrogens (tertiary/aromatic N) is 1. The van der Waals surface area contributed by atoms with Gasteiger partial charge < -0.3 is 15.3 Å². The van der Waals surface area contributed by atoms with E-state index in [1.165, 1.54) is 12.1 Å². The molecule has 1 heterocycles. The number of hydrogen-bond donors (Lipinski definition) is 4. The molecule has 0 unspecified atom stereocenters. The molecule has 0 spiro atoms. The predicted octanol–water partition coefficient (Wildman–Crippen LogP) is 1.70. The standard InChI is InChI=1S/C15H14N2O5S/c18-12-3-1-2-10(7-12)6-11-4-5-13(14(19)8-11)17-9-15(20)16-23(17,21)22/h1-5,7-9,16,18-20H,6H2. The Balaban J connectivity index is 1.90. The van der Waals surface area contributed by atoms with E-state index in [1.807, 2.05) is 10.8 Å². The number of nitrogens with one attached hydrogen (secondary N) is 1. The van der Waals surface area contributed by atoms with Gasteiger partial charge in [0.25, 0.3) is 0 Å². The van der Waals surface area contributed by atoms with Gasteiger partial charge in [0, 0.05) is 0 Å². The molecule has 0 saturated heterocycles. The van der Waals surface area contributed by atoms with Crippen LogP contribution >= 0.6 is 0 Å². The van der Waals surface area contributed by atoms with Gasteiger partial charge in [0.05, 0.1) is 6.20 Å². The van der Waals surface area contributed by atoms with E-state index >= 15 is 0 Å². The van der Waals surface area contributed by atoms with Crippen LogP contribution in [0.2, 0.25) is 0 Å². The van der Waals surface area contributed by atoms with Crippen LogP contribution in [0.3, 0.4) is 0 Å². The van der Waals surface area contributed by atoms with E-state index in [4.69, 9.17) is 0 Å². The summed E-state index contributed by atoms with van der Waals surface area (Å²) in [5, 5.41) is 28.9. The molecule has 0 aromatic heterocycles. The van der Waals surface area contributed by atoms with E-state index in [9.17, 15) is 23.7 Å². The molecule has 2 aromatic carbocycles. The third kappa shape index (κ3) is 3.02. The zero-order chi connectivity index (χ0) is 16.6. The number of phenolic OH excluding ortho intramolecular Hbond substituents is 2. The summed E-state index contributed by atoms with van der Waals surface area (Å²) < 4.78 is 26.3. The highest BCUT2D eigenvalue weighted by Gasteiger charge is 2.30. The summed E-state index contributed by atoms with van der Waals surface area (Å²) in [6, 6.07) is 11.3. The fourth-order valence-electron chi connectivity index (χ4n) is 2.35. The van der Waals surface area contributed by atoms with Gasteiger partial charge in [-0.3, -0.25) is 0 Å². The minimum absolute atomic E-state index is 0.0289. The number of rotatable bonds is 3. The van der Waals surface area contributed by atoms with Crippen molar-refractivity contribution in [3.05, 3.63) is 65.7 Å². The van der Waals surface area contributed by atoms with Crippen molar-refractivity contribution in [1.29, 1.82) is 0 Å². The highest BCUT2D eigenvalue weighted by molar-refractivity contribution is 7.91. The number of aliphatic hydroxyl groups excluding tert-OH is 1. The van der Waals surface area contributed by atoms with Crippen molar-refractivity contribution in [2.24, 2.45) is 0 Å². The van der Waals surface area contributed by atoms with Gasteiger partial charge in [0.15, 0.2) is 0 Å². The van der Waals surface area contributed by atoms with E-state index < -0.39 is 16.1 Å². The summed E-state index contributed by atoms with van der Waals surface area (Å²) in [7, 11) is -3.94. The molecule has 1 aliphatic heterocycles. The number of aromatic hydroxyl groups is 2. The molecule has 0 saturated carbocycles. The maximum Gasteiger partial charge on any atom is 0.330 e. The molecule has 0 bridgehead atoms. The van der Waals surface area contributed by atoms with Crippen LogP contribution in [0, 0.1) is 0 Å². The number of anilines is 1. The lowest BCUT2D eigenvalue weighted by Gasteiger charge is -2.16. The Kier molecular flexibility index (Phi) is 3.53. The largest absolute Gasteiger partial charge is 0.508 e. The Morgan fingerprint density at radius 1 is 1.00 bits per heavy atom. The maximum atomic E-state index is 11.8. The molecular weight excluding hydrogens is 320 g/mol. The van der Waals surface area contributed by atoms with Crippen molar-refractivity contribution in [2.75, 3.05) is 4.31 Å². The molecule has 0 amide bonds. The first-order valence-electron chi connectivity index (χ1n) is 6.68. The van der Waals surface area contributed by atoms with Gasteiger partial charge in [0.1, 0.15) is 17.2 Å². The van der Waals surface area contributed by atoms with Crippen LogP contribution in [-0.4, -0.2) is 23.7 Å². The smallest absolute Gasteiger partial charge is 0.330 e. The summed E-state index contributed by atoms with van der Waals surface area (Å²) in [4.78, 5) is 0. The first-order valence-corrected chi connectivity index (χ1v) is 8.12. The fourth-order valence-corrected chi connectivity index (χ4v) is 3.42. The number of phenols is 2. The van der Waals surface area contributed by atoms with Crippen molar-refractivity contribution < 1.29 is 23.7 Å². The van der Waals surface area contributed by atoms with Gasteiger partial charge in [-0.1, -0.05) is 18.2 Å². The Hall–Kier alpha value is -2.87. The third-order valence-corrected chi connectivity index (χ3v) is 4.62. The molecule has 1 aliphatic rings. The monoisotopic (exact) mass is 334 g/mol. The van der Waals surface area contributed by atoms with Gasteiger partial charge in [0.2, 0.25) is 5.88 Å². The molecule has 0 fully saturated rings. The molecule has 8 heteroatoms. The van der Waals surface area contributed by atoms with Crippen molar-refractivity contribution >= 4 is 15.9 Å². The van der Waals surface area contributed by atoms with Crippen molar-refractivity contribution in [3.8, 4) is 11.5 Å². The second kappa shape index (κ2) is 5.40. The second-order valence-corrected chi connectivity index (χ2v) is 6.63. The van der Waals surface area contributed by atoms with Gasteiger partial charge in [-0.05, 0) is 41.8 Å². The van der Waals surface area contributed by atoms with E-state index in [0.29, 0.717) is 6.42 Å². The van der Waals surface area contributed by atoms with Crippen molar-refractivity contribution in [2.45, 2.75) is 6.42 Å². The van der Waals surface area contributed by atoms with E-state index in [-0.39, 0.29) is 17.2 Å². The predicted molar refractivity (Wildman–Crippen MR) is 84.3 cm³/mol. The average Bonchev–Trinajstić information content (AvgIpc) is 2.72. The molecular formula is C15H14N2O5S. The van der Waals surface area contributed by atoms with Gasteiger partial charge in [-0.2, -0.15) is 8.42 Å². The van der Waals surface area contributed by atoms with Crippen molar-refractivity contribution in [3.63, 3.8) is 0 Å². The molecule has 7 nitrogen and oxygen atoms in total. The summed E-state index contributed by atoms with van der Waals surface area (Å²) in [5.74, 6) is -0.606. The summed E-state index contributed by atoms with van der Waals surface area (Å²) in [6.07, 6.45) is 1.44.